The maximum absolute atomic E-state index is 12.9. The Morgan fingerprint density at radius 1 is 1.20 bits per heavy atom. The number of ether oxygens (including phenoxy) is 1. The van der Waals surface area contributed by atoms with Crippen molar-refractivity contribution in [1.29, 1.82) is 0 Å². The first-order chi connectivity index (χ1) is 9.38. The second-order valence-corrected chi connectivity index (χ2v) is 4.16. The molecule has 1 heterocycles. The Balaban J connectivity index is 2.23. The van der Waals surface area contributed by atoms with Crippen LogP contribution in [-0.2, 0) is 12.8 Å². The fraction of sp³-hybridized carbons (Fsp3) is 0.231. The lowest BCUT2D eigenvalue weighted by molar-refractivity contribution is -0.138. The van der Waals surface area contributed by atoms with E-state index in [0.29, 0.717) is 5.56 Å². The highest BCUT2D eigenvalue weighted by atomic mass is 19.4. The van der Waals surface area contributed by atoms with E-state index >= 15 is 0 Å². The van der Waals surface area contributed by atoms with E-state index in [4.69, 9.17) is 10.5 Å². The zero-order valence-electron chi connectivity index (χ0n) is 10.6. The van der Waals surface area contributed by atoms with Gasteiger partial charge in [0.05, 0.1) is 18.0 Å². The van der Waals surface area contributed by atoms with Crippen molar-refractivity contribution in [1.82, 2.24) is 9.97 Å². The van der Waals surface area contributed by atoms with Crippen LogP contribution in [0.3, 0.4) is 0 Å². The van der Waals surface area contributed by atoms with Crippen molar-refractivity contribution in [3.05, 3.63) is 47.3 Å². The highest BCUT2D eigenvalue weighted by molar-refractivity contribution is 5.36. The molecule has 0 aliphatic carbocycles. The summed E-state index contributed by atoms with van der Waals surface area (Å²) < 4.78 is 44.0. The van der Waals surface area contributed by atoms with Gasteiger partial charge >= 0.3 is 6.18 Å². The Morgan fingerprint density at radius 3 is 2.45 bits per heavy atom. The van der Waals surface area contributed by atoms with Crippen molar-refractivity contribution >= 4 is 5.95 Å². The smallest absolute Gasteiger partial charge is 0.416 e. The molecule has 0 unspecified atom stereocenters. The summed E-state index contributed by atoms with van der Waals surface area (Å²) in [6.07, 6.45) is -1.79. The van der Waals surface area contributed by atoms with E-state index in [2.05, 4.69) is 9.97 Å². The molecule has 0 radical (unpaired) electrons. The van der Waals surface area contributed by atoms with Gasteiger partial charge in [0.1, 0.15) is 6.61 Å². The van der Waals surface area contributed by atoms with Gasteiger partial charge in [0, 0.05) is 5.56 Å². The van der Waals surface area contributed by atoms with Crippen LogP contribution >= 0.6 is 0 Å². The Morgan fingerprint density at radius 2 is 1.85 bits per heavy atom. The van der Waals surface area contributed by atoms with Crippen LogP contribution in [0.1, 0.15) is 16.7 Å². The maximum atomic E-state index is 12.9. The molecule has 0 fully saturated rings. The van der Waals surface area contributed by atoms with E-state index in [0.717, 1.165) is 6.07 Å². The number of aryl methyl sites for hydroxylation is 1. The van der Waals surface area contributed by atoms with Gasteiger partial charge in [-0.25, -0.2) is 9.97 Å². The molecule has 20 heavy (non-hydrogen) atoms. The minimum absolute atomic E-state index is 0.0734. The molecule has 0 aliphatic heterocycles. The van der Waals surface area contributed by atoms with Crippen LogP contribution in [0.4, 0.5) is 19.1 Å². The van der Waals surface area contributed by atoms with Gasteiger partial charge in [0.2, 0.25) is 5.95 Å². The highest BCUT2D eigenvalue weighted by Gasteiger charge is 2.33. The Bertz CT molecular complexity index is 597. The predicted octanol–water partition coefficient (Wildman–Crippen LogP) is 2.97. The standard InChI is InChI=1S/C13H12F3N3O/c1-8-3-2-4-11(13(14,15)16)10(8)7-20-9-5-18-12(17)19-6-9/h2-6H,7H2,1H3,(H2,17,18,19). The van der Waals surface area contributed by atoms with E-state index in [-0.39, 0.29) is 23.9 Å². The van der Waals surface area contributed by atoms with Gasteiger partial charge in [-0.2, -0.15) is 13.2 Å². The van der Waals surface area contributed by atoms with Crippen LogP contribution in [0.15, 0.2) is 30.6 Å². The lowest BCUT2D eigenvalue weighted by atomic mass is 10.0. The first-order valence-electron chi connectivity index (χ1n) is 5.74. The second-order valence-electron chi connectivity index (χ2n) is 4.16. The van der Waals surface area contributed by atoms with Gasteiger partial charge in [-0.05, 0) is 18.6 Å². The first kappa shape index (κ1) is 14.1. The number of aromatic nitrogens is 2. The van der Waals surface area contributed by atoms with Crippen molar-refractivity contribution in [2.45, 2.75) is 19.7 Å². The highest BCUT2D eigenvalue weighted by Crippen LogP contribution is 2.33. The third kappa shape index (κ3) is 3.17. The van der Waals surface area contributed by atoms with Gasteiger partial charge in [0.25, 0.3) is 0 Å². The second kappa shape index (κ2) is 5.36. The van der Waals surface area contributed by atoms with Crippen molar-refractivity contribution < 1.29 is 17.9 Å². The molecular formula is C13H12F3N3O. The Hall–Kier alpha value is -2.31. The molecule has 106 valence electrons. The lowest BCUT2D eigenvalue weighted by Gasteiger charge is -2.15. The number of anilines is 1. The third-order valence-corrected chi connectivity index (χ3v) is 2.75. The van der Waals surface area contributed by atoms with Crippen molar-refractivity contribution in [2.75, 3.05) is 5.73 Å². The van der Waals surface area contributed by atoms with E-state index in [1.165, 1.54) is 18.5 Å². The molecule has 0 bridgehead atoms. The number of halogens is 3. The summed E-state index contributed by atoms with van der Waals surface area (Å²) in [6.45, 7) is 1.39. The monoisotopic (exact) mass is 283 g/mol. The molecule has 0 atom stereocenters. The van der Waals surface area contributed by atoms with Gasteiger partial charge in [-0.15, -0.1) is 0 Å². The number of nitrogens with zero attached hydrogens (tertiary/aromatic N) is 2. The summed E-state index contributed by atoms with van der Waals surface area (Å²) in [5, 5.41) is 0. The van der Waals surface area contributed by atoms with E-state index in [9.17, 15) is 13.2 Å². The minimum Gasteiger partial charge on any atom is -0.486 e. The molecule has 0 saturated heterocycles. The van der Waals surface area contributed by atoms with Crippen LogP contribution in [0.25, 0.3) is 0 Å². The van der Waals surface area contributed by atoms with E-state index in [1.807, 2.05) is 0 Å². The SMILES string of the molecule is Cc1cccc(C(F)(F)F)c1COc1cnc(N)nc1. The topological polar surface area (TPSA) is 61.0 Å². The number of nitrogens with two attached hydrogens (primary N) is 1. The Labute approximate surface area is 113 Å². The van der Waals surface area contributed by atoms with Crippen molar-refractivity contribution in [2.24, 2.45) is 0 Å². The fourth-order valence-electron chi connectivity index (χ4n) is 1.72. The molecule has 0 saturated carbocycles. The number of rotatable bonds is 3. The number of nitrogen functional groups attached to an aromatic ring is 1. The molecule has 2 aromatic rings. The van der Waals surface area contributed by atoms with Crippen molar-refractivity contribution in [3.63, 3.8) is 0 Å². The molecule has 2 N–H and O–H groups in total. The van der Waals surface area contributed by atoms with Gasteiger partial charge in [-0.3, -0.25) is 0 Å². The lowest BCUT2D eigenvalue weighted by Crippen LogP contribution is -2.12. The Kier molecular flexibility index (Phi) is 3.78. The molecule has 2 rings (SSSR count). The van der Waals surface area contributed by atoms with Crippen LogP contribution in [0, 0.1) is 6.92 Å². The molecule has 0 amide bonds. The maximum Gasteiger partial charge on any atom is 0.416 e. The summed E-state index contributed by atoms with van der Waals surface area (Å²) in [5.41, 5.74) is 5.22. The summed E-state index contributed by atoms with van der Waals surface area (Å²) in [4.78, 5) is 7.41. The van der Waals surface area contributed by atoms with E-state index < -0.39 is 11.7 Å². The average molecular weight is 283 g/mol. The average Bonchev–Trinajstić information content (AvgIpc) is 2.38. The van der Waals surface area contributed by atoms with Crippen LogP contribution in [-0.4, -0.2) is 9.97 Å². The molecule has 4 nitrogen and oxygen atoms in total. The molecule has 0 spiro atoms. The molecular weight excluding hydrogens is 271 g/mol. The largest absolute Gasteiger partial charge is 0.486 e. The summed E-state index contributed by atoms with van der Waals surface area (Å²) in [5.74, 6) is 0.333. The summed E-state index contributed by atoms with van der Waals surface area (Å²) in [6, 6.07) is 4.01. The van der Waals surface area contributed by atoms with E-state index in [1.54, 1.807) is 13.0 Å². The molecule has 0 aliphatic rings. The van der Waals surface area contributed by atoms with Gasteiger partial charge < -0.3 is 10.5 Å². The predicted molar refractivity (Wildman–Crippen MR) is 67.0 cm³/mol. The van der Waals surface area contributed by atoms with Gasteiger partial charge in [0.15, 0.2) is 5.75 Å². The zero-order valence-corrected chi connectivity index (χ0v) is 10.6. The summed E-state index contributed by atoms with van der Waals surface area (Å²) in [7, 11) is 0. The number of hydrogen-bond acceptors (Lipinski definition) is 4. The molecule has 7 heteroatoms. The minimum atomic E-state index is -4.41. The van der Waals surface area contributed by atoms with Crippen LogP contribution in [0.5, 0.6) is 5.75 Å². The number of benzene rings is 1. The number of alkyl halides is 3. The van der Waals surface area contributed by atoms with Crippen LogP contribution < -0.4 is 10.5 Å². The normalized spacial score (nSPS) is 11.4. The fourth-order valence-corrected chi connectivity index (χ4v) is 1.72. The van der Waals surface area contributed by atoms with Crippen LogP contribution in [0.2, 0.25) is 0 Å². The molecule has 1 aromatic heterocycles. The quantitative estimate of drug-likeness (QED) is 0.940. The van der Waals surface area contributed by atoms with Crippen molar-refractivity contribution in [3.8, 4) is 5.75 Å². The third-order valence-electron chi connectivity index (χ3n) is 2.75. The zero-order chi connectivity index (χ0) is 14.8. The number of hydrogen-bond donors (Lipinski definition) is 1. The van der Waals surface area contributed by atoms with Gasteiger partial charge in [-0.1, -0.05) is 12.1 Å². The summed E-state index contributed by atoms with van der Waals surface area (Å²) >= 11 is 0. The molecule has 1 aromatic carbocycles. The first-order valence-corrected chi connectivity index (χ1v) is 5.74.